The lowest BCUT2D eigenvalue weighted by molar-refractivity contribution is 0.102. The first-order valence-electron chi connectivity index (χ1n) is 9.53. The van der Waals surface area contributed by atoms with Crippen LogP contribution in [0.1, 0.15) is 47.1 Å². The summed E-state index contributed by atoms with van der Waals surface area (Å²) in [5.74, 6) is 0.950. The molecule has 0 aliphatic carbocycles. The molecule has 4 nitrogen and oxygen atoms in total. The molecule has 1 N–H and O–H groups in total. The number of hydrogen-bond acceptors (Lipinski definition) is 3. The summed E-state index contributed by atoms with van der Waals surface area (Å²) in [6.07, 6.45) is 0.567. The van der Waals surface area contributed by atoms with E-state index in [9.17, 15) is 4.79 Å². The highest BCUT2D eigenvalue weighted by Gasteiger charge is 2.09. The van der Waals surface area contributed by atoms with Crippen LogP contribution in [0.3, 0.4) is 0 Å². The van der Waals surface area contributed by atoms with Gasteiger partial charge in [-0.1, -0.05) is 49.7 Å². The molecule has 0 radical (unpaired) electrons. The van der Waals surface area contributed by atoms with Gasteiger partial charge in [-0.25, -0.2) is 4.98 Å². The fraction of sp³-hybridized carbons (Fsp3) is 0.167. The molecule has 0 atom stereocenters. The van der Waals surface area contributed by atoms with E-state index in [-0.39, 0.29) is 5.91 Å². The second kappa shape index (κ2) is 8.10. The summed E-state index contributed by atoms with van der Waals surface area (Å²) in [6, 6.07) is 20.8. The van der Waals surface area contributed by atoms with Gasteiger partial charge in [-0.15, -0.1) is 0 Å². The molecule has 0 aliphatic rings. The number of hydrogen-bond donors (Lipinski definition) is 1. The van der Waals surface area contributed by atoms with Gasteiger partial charge < -0.3 is 9.73 Å². The largest absolute Gasteiger partial charge is 0.440 e. The minimum absolute atomic E-state index is 0.121. The summed E-state index contributed by atoms with van der Waals surface area (Å²) in [4.78, 5) is 16.9. The van der Waals surface area contributed by atoms with Crippen molar-refractivity contribution < 1.29 is 9.21 Å². The number of nitrogens with one attached hydrogen (secondary N) is 1. The first-order chi connectivity index (χ1) is 14.0. The van der Waals surface area contributed by atoms with Crippen molar-refractivity contribution in [1.82, 2.24) is 4.98 Å². The Morgan fingerprint density at radius 2 is 1.76 bits per heavy atom. The van der Waals surface area contributed by atoms with Crippen molar-refractivity contribution in [2.45, 2.75) is 26.2 Å². The molecule has 0 saturated carbocycles. The van der Waals surface area contributed by atoms with E-state index >= 15 is 0 Å². The van der Waals surface area contributed by atoms with Crippen LogP contribution in [0.2, 0.25) is 5.02 Å². The quantitative estimate of drug-likeness (QED) is 0.416. The van der Waals surface area contributed by atoms with Gasteiger partial charge in [0.2, 0.25) is 0 Å². The summed E-state index contributed by atoms with van der Waals surface area (Å²) in [5.41, 5.74) is 5.12. The van der Waals surface area contributed by atoms with Crippen LogP contribution in [0, 0.1) is 0 Å². The molecule has 0 aliphatic heterocycles. The van der Waals surface area contributed by atoms with Crippen LogP contribution in [0.15, 0.2) is 71.1 Å². The molecular weight excluding hydrogens is 384 g/mol. The molecule has 4 rings (SSSR count). The maximum Gasteiger partial charge on any atom is 0.255 e. The molecule has 0 bridgehead atoms. The lowest BCUT2D eigenvalue weighted by Gasteiger charge is -2.08. The summed E-state index contributed by atoms with van der Waals surface area (Å²) < 4.78 is 5.77. The smallest absolute Gasteiger partial charge is 0.255 e. The molecule has 1 aromatic heterocycles. The number of rotatable bonds is 5. The van der Waals surface area contributed by atoms with Crippen molar-refractivity contribution >= 4 is 34.3 Å². The number of benzene rings is 3. The van der Waals surface area contributed by atoms with Crippen molar-refractivity contribution in [2.75, 3.05) is 5.32 Å². The van der Waals surface area contributed by atoms with Crippen molar-refractivity contribution in [1.29, 1.82) is 0 Å². The Morgan fingerprint density at radius 3 is 2.45 bits per heavy atom. The number of nitrogens with zero attached hydrogens (tertiary/aromatic N) is 1. The van der Waals surface area contributed by atoms with Crippen LogP contribution >= 0.6 is 11.6 Å². The van der Waals surface area contributed by atoms with Crippen molar-refractivity contribution in [3.05, 3.63) is 94.3 Å². The molecule has 1 heterocycles. The highest BCUT2D eigenvalue weighted by molar-refractivity contribution is 6.31. The van der Waals surface area contributed by atoms with Gasteiger partial charge in [0.05, 0.1) is 0 Å². The van der Waals surface area contributed by atoms with E-state index < -0.39 is 0 Å². The van der Waals surface area contributed by atoms with E-state index in [2.05, 4.69) is 24.1 Å². The van der Waals surface area contributed by atoms with E-state index in [1.165, 1.54) is 5.56 Å². The Bertz CT molecular complexity index is 1150. The van der Waals surface area contributed by atoms with Gasteiger partial charge in [0.15, 0.2) is 11.5 Å². The van der Waals surface area contributed by atoms with Crippen LogP contribution in [-0.2, 0) is 6.42 Å². The van der Waals surface area contributed by atoms with Gasteiger partial charge in [-0.2, -0.15) is 0 Å². The number of carbonyl (C=O) groups excluding carboxylic acids is 1. The number of oxazole rings is 1. The van der Waals surface area contributed by atoms with Crippen LogP contribution in [0.4, 0.5) is 5.69 Å². The normalized spacial score (nSPS) is 11.2. The Hall–Kier alpha value is -3.11. The van der Waals surface area contributed by atoms with Crippen molar-refractivity contribution in [2.24, 2.45) is 0 Å². The van der Waals surface area contributed by atoms with E-state index in [4.69, 9.17) is 16.0 Å². The third-order valence-electron chi connectivity index (χ3n) is 4.80. The number of aromatic nitrogens is 1. The maximum atomic E-state index is 12.5. The van der Waals surface area contributed by atoms with Gasteiger partial charge in [-0.3, -0.25) is 4.79 Å². The molecule has 3 aromatic carbocycles. The van der Waals surface area contributed by atoms with E-state index in [0.29, 0.717) is 28.8 Å². The summed E-state index contributed by atoms with van der Waals surface area (Å²) >= 11 is 6.00. The van der Waals surface area contributed by atoms with E-state index in [0.717, 1.165) is 22.4 Å². The molecule has 4 aromatic rings. The lowest BCUT2D eigenvalue weighted by Crippen LogP contribution is -2.11. The summed E-state index contributed by atoms with van der Waals surface area (Å²) in [5, 5.41) is 3.57. The highest BCUT2D eigenvalue weighted by Crippen LogP contribution is 2.22. The predicted molar refractivity (Wildman–Crippen MR) is 117 cm³/mol. The van der Waals surface area contributed by atoms with E-state index in [1.807, 2.05) is 54.6 Å². The third kappa shape index (κ3) is 4.49. The monoisotopic (exact) mass is 404 g/mol. The predicted octanol–water partition coefficient (Wildman–Crippen LogP) is 6.45. The number of amides is 1. The molecule has 29 heavy (non-hydrogen) atoms. The molecular formula is C24H21ClN2O2. The Balaban J connectivity index is 1.42. The standard InChI is InChI=1S/C24H21ClN2O2/c1-15(2)17-5-7-18(8-6-17)24(28)26-20-10-3-16(4-11-20)13-23-27-21-14-19(25)9-12-22(21)29-23/h3-12,14-15H,13H2,1-2H3,(H,26,28). The molecule has 1 amide bonds. The average Bonchev–Trinajstić information content (AvgIpc) is 3.10. The molecule has 0 unspecified atom stereocenters. The third-order valence-corrected chi connectivity index (χ3v) is 5.04. The highest BCUT2D eigenvalue weighted by atomic mass is 35.5. The summed E-state index contributed by atoms with van der Waals surface area (Å²) in [7, 11) is 0. The molecule has 0 saturated heterocycles. The maximum absolute atomic E-state index is 12.5. The van der Waals surface area contributed by atoms with Crippen molar-refractivity contribution in [3.8, 4) is 0 Å². The number of anilines is 1. The van der Waals surface area contributed by atoms with Crippen LogP contribution in [0.5, 0.6) is 0 Å². The zero-order valence-electron chi connectivity index (χ0n) is 16.3. The minimum Gasteiger partial charge on any atom is -0.440 e. The van der Waals surface area contributed by atoms with Gasteiger partial charge >= 0.3 is 0 Å². The van der Waals surface area contributed by atoms with E-state index in [1.54, 1.807) is 12.1 Å². The topological polar surface area (TPSA) is 55.1 Å². The Kier molecular flexibility index (Phi) is 5.36. The summed E-state index contributed by atoms with van der Waals surface area (Å²) in [6.45, 7) is 4.26. The van der Waals surface area contributed by atoms with Crippen molar-refractivity contribution in [3.63, 3.8) is 0 Å². The number of carbonyl (C=O) groups is 1. The van der Waals surface area contributed by atoms with Gasteiger partial charge in [0, 0.05) is 22.7 Å². The first-order valence-corrected chi connectivity index (χ1v) is 9.91. The van der Waals surface area contributed by atoms with Crippen LogP contribution in [0.25, 0.3) is 11.1 Å². The Morgan fingerprint density at radius 1 is 1.03 bits per heavy atom. The fourth-order valence-corrected chi connectivity index (χ4v) is 3.29. The zero-order chi connectivity index (χ0) is 20.4. The molecule has 0 spiro atoms. The number of halogens is 1. The first kappa shape index (κ1) is 19.2. The van der Waals surface area contributed by atoms with Crippen LogP contribution < -0.4 is 5.32 Å². The average molecular weight is 405 g/mol. The fourth-order valence-electron chi connectivity index (χ4n) is 3.13. The van der Waals surface area contributed by atoms with Crippen LogP contribution in [-0.4, -0.2) is 10.9 Å². The second-order valence-corrected chi connectivity index (χ2v) is 7.76. The molecule has 5 heteroatoms. The SMILES string of the molecule is CC(C)c1ccc(C(=O)Nc2ccc(Cc3nc4cc(Cl)ccc4o3)cc2)cc1. The Labute approximate surface area is 174 Å². The molecule has 0 fully saturated rings. The van der Waals surface area contributed by atoms with Gasteiger partial charge in [0.1, 0.15) is 5.52 Å². The minimum atomic E-state index is -0.121. The van der Waals surface area contributed by atoms with Gasteiger partial charge in [0.25, 0.3) is 5.91 Å². The second-order valence-electron chi connectivity index (χ2n) is 7.32. The zero-order valence-corrected chi connectivity index (χ0v) is 17.0. The lowest BCUT2D eigenvalue weighted by atomic mass is 10.0. The molecule has 146 valence electrons. The van der Waals surface area contributed by atoms with Gasteiger partial charge in [-0.05, 0) is 59.5 Å². The number of fused-ring (bicyclic) bond motifs is 1.